The normalized spacial score (nSPS) is 10.1. The Hall–Kier alpha value is -2.01. The van der Waals surface area contributed by atoms with Crippen molar-refractivity contribution >= 4 is 27.5 Å². The maximum Gasteiger partial charge on any atom is 0.259 e. The van der Waals surface area contributed by atoms with E-state index in [1.54, 1.807) is 32.4 Å². The number of aryl methyl sites for hydroxylation is 1. The number of carbonyl (C=O) groups is 1. The summed E-state index contributed by atoms with van der Waals surface area (Å²) in [7, 11) is 3.13. The van der Waals surface area contributed by atoms with E-state index in [1.807, 2.05) is 25.1 Å². The van der Waals surface area contributed by atoms with Gasteiger partial charge in [-0.25, -0.2) is 0 Å². The summed E-state index contributed by atoms with van der Waals surface area (Å²) in [5, 5.41) is 2.86. The minimum Gasteiger partial charge on any atom is -0.497 e. The Bertz CT molecular complexity index is 671. The molecule has 0 aliphatic heterocycles. The number of hydrogen-bond acceptors (Lipinski definition) is 3. The highest BCUT2D eigenvalue weighted by atomic mass is 79.9. The fourth-order valence-corrected chi connectivity index (χ4v) is 2.26. The van der Waals surface area contributed by atoms with E-state index < -0.39 is 0 Å². The molecule has 110 valence electrons. The van der Waals surface area contributed by atoms with Gasteiger partial charge >= 0.3 is 0 Å². The highest BCUT2D eigenvalue weighted by Gasteiger charge is 2.14. The standard InChI is InChI=1S/C16H16BrNO3/c1-10-4-7-15(21-3)12(8-10)16(19)18-14-9-11(20-2)5-6-13(14)17/h4-9H,1-3H3,(H,18,19). The first-order valence-electron chi connectivity index (χ1n) is 6.34. The van der Waals surface area contributed by atoms with Gasteiger partial charge in [-0.3, -0.25) is 4.79 Å². The number of anilines is 1. The van der Waals surface area contributed by atoms with Crippen LogP contribution in [0.25, 0.3) is 0 Å². The molecule has 0 spiro atoms. The molecule has 0 atom stereocenters. The van der Waals surface area contributed by atoms with E-state index in [9.17, 15) is 4.79 Å². The van der Waals surface area contributed by atoms with Gasteiger partial charge in [0.25, 0.3) is 5.91 Å². The monoisotopic (exact) mass is 349 g/mol. The Balaban J connectivity index is 2.32. The molecular formula is C16H16BrNO3. The van der Waals surface area contributed by atoms with Crippen LogP contribution >= 0.6 is 15.9 Å². The molecule has 0 aliphatic carbocycles. The van der Waals surface area contributed by atoms with Crippen LogP contribution in [0.15, 0.2) is 40.9 Å². The van der Waals surface area contributed by atoms with E-state index in [4.69, 9.17) is 9.47 Å². The highest BCUT2D eigenvalue weighted by molar-refractivity contribution is 9.10. The second kappa shape index (κ2) is 6.63. The number of nitrogens with one attached hydrogen (secondary N) is 1. The van der Waals surface area contributed by atoms with Gasteiger partial charge in [0.05, 0.1) is 25.5 Å². The molecule has 2 aromatic rings. The fourth-order valence-electron chi connectivity index (χ4n) is 1.92. The van der Waals surface area contributed by atoms with Crippen LogP contribution in [0.3, 0.4) is 0 Å². The summed E-state index contributed by atoms with van der Waals surface area (Å²) in [6, 6.07) is 10.9. The predicted molar refractivity (Wildman–Crippen MR) is 86.4 cm³/mol. The van der Waals surface area contributed by atoms with Gasteiger partial charge in [-0.05, 0) is 47.1 Å². The summed E-state index contributed by atoms with van der Waals surface area (Å²) in [4.78, 5) is 12.4. The van der Waals surface area contributed by atoms with Crippen LogP contribution in [-0.4, -0.2) is 20.1 Å². The molecule has 5 heteroatoms. The summed E-state index contributed by atoms with van der Waals surface area (Å²) >= 11 is 3.41. The number of hydrogen-bond donors (Lipinski definition) is 1. The van der Waals surface area contributed by atoms with Gasteiger partial charge in [-0.1, -0.05) is 11.6 Å². The molecule has 0 saturated heterocycles. The Morgan fingerprint density at radius 1 is 1.10 bits per heavy atom. The first kappa shape index (κ1) is 15.4. The largest absolute Gasteiger partial charge is 0.497 e. The fraction of sp³-hybridized carbons (Fsp3) is 0.188. The second-order valence-electron chi connectivity index (χ2n) is 4.50. The topological polar surface area (TPSA) is 47.6 Å². The van der Waals surface area contributed by atoms with Crippen LogP contribution in [0.1, 0.15) is 15.9 Å². The average Bonchev–Trinajstić information content (AvgIpc) is 2.49. The van der Waals surface area contributed by atoms with Crippen molar-refractivity contribution in [3.05, 3.63) is 52.0 Å². The molecule has 0 fully saturated rings. The number of benzene rings is 2. The second-order valence-corrected chi connectivity index (χ2v) is 5.36. The minimum atomic E-state index is -0.232. The number of rotatable bonds is 4. The maximum absolute atomic E-state index is 12.4. The summed E-state index contributed by atoms with van der Waals surface area (Å²) in [6.07, 6.45) is 0. The van der Waals surface area contributed by atoms with Crippen molar-refractivity contribution < 1.29 is 14.3 Å². The van der Waals surface area contributed by atoms with Gasteiger partial charge in [0, 0.05) is 10.5 Å². The van der Waals surface area contributed by atoms with Crippen LogP contribution < -0.4 is 14.8 Å². The van der Waals surface area contributed by atoms with Crippen molar-refractivity contribution in [2.75, 3.05) is 19.5 Å². The minimum absolute atomic E-state index is 0.232. The van der Waals surface area contributed by atoms with Crippen LogP contribution in [-0.2, 0) is 0 Å². The summed E-state index contributed by atoms with van der Waals surface area (Å²) in [5.74, 6) is 0.978. The first-order chi connectivity index (χ1) is 10.0. The average molecular weight is 350 g/mol. The quantitative estimate of drug-likeness (QED) is 0.906. The first-order valence-corrected chi connectivity index (χ1v) is 7.14. The van der Waals surface area contributed by atoms with E-state index in [1.165, 1.54) is 0 Å². The smallest absolute Gasteiger partial charge is 0.259 e. The molecule has 2 aromatic carbocycles. The Kier molecular flexibility index (Phi) is 4.85. The zero-order chi connectivity index (χ0) is 15.4. The molecule has 0 aromatic heterocycles. The summed E-state index contributed by atoms with van der Waals surface area (Å²) in [6.45, 7) is 1.93. The molecule has 1 N–H and O–H groups in total. The zero-order valence-electron chi connectivity index (χ0n) is 12.1. The molecule has 0 heterocycles. The Morgan fingerprint density at radius 2 is 1.86 bits per heavy atom. The van der Waals surface area contributed by atoms with E-state index >= 15 is 0 Å². The van der Waals surface area contributed by atoms with Crippen molar-refractivity contribution in [1.82, 2.24) is 0 Å². The molecule has 4 nitrogen and oxygen atoms in total. The van der Waals surface area contributed by atoms with Gasteiger partial charge in [0.2, 0.25) is 0 Å². The van der Waals surface area contributed by atoms with E-state index in [2.05, 4.69) is 21.2 Å². The SMILES string of the molecule is COc1ccc(Br)c(NC(=O)c2cc(C)ccc2OC)c1. The number of methoxy groups -OCH3 is 2. The predicted octanol–water partition coefficient (Wildman–Crippen LogP) is 4.03. The maximum atomic E-state index is 12.4. The Morgan fingerprint density at radius 3 is 2.52 bits per heavy atom. The van der Waals surface area contributed by atoms with Crippen LogP contribution in [0, 0.1) is 6.92 Å². The van der Waals surface area contributed by atoms with Crippen molar-refractivity contribution in [2.45, 2.75) is 6.92 Å². The Labute approximate surface area is 132 Å². The number of ether oxygens (including phenoxy) is 2. The van der Waals surface area contributed by atoms with Gasteiger partial charge in [0.1, 0.15) is 11.5 Å². The summed E-state index contributed by atoms with van der Waals surface area (Å²) in [5.41, 5.74) is 2.13. The third-order valence-corrected chi connectivity index (χ3v) is 3.71. The third kappa shape index (κ3) is 3.55. The van der Waals surface area contributed by atoms with Gasteiger partial charge in [0.15, 0.2) is 0 Å². The van der Waals surface area contributed by atoms with Gasteiger partial charge in [-0.15, -0.1) is 0 Å². The van der Waals surface area contributed by atoms with Crippen molar-refractivity contribution in [3.8, 4) is 11.5 Å². The summed E-state index contributed by atoms with van der Waals surface area (Å²) < 4.78 is 11.2. The lowest BCUT2D eigenvalue weighted by Gasteiger charge is -2.12. The number of halogens is 1. The van der Waals surface area contributed by atoms with E-state index in [0.717, 1.165) is 10.0 Å². The van der Waals surface area contributed by atoms with Crippen LogP contribution in [0.2, 0.25) is 0 Å². The molecule has 0 bridgehead atoms. The zero-order valence-corrected chi connectivity index (χ0v) is 13.7. The highest BCUT2D eigenvalue weighted by Crippen LogP contribution is 2.28. The molecule has 21 heavy (non-hydrogen) atoms. The van der Waals surface area contributed by atoms with Gasteiger partial charge in [-0.2, -0.15) is 0 Å². The third-order valence-electron chi connectivity index (χ3n) is 3.02. The lowest BCUT2D eigenvalue weighted by Crippen LogP contribution is -2.14. The van der Waals surface area contributed by atoms with Crippen LogP contribution in [0.5, 0.6) is 11.5 Å². The molecule has 0 unspecified atom stereocenters. The van der Waals surface area contributed by atoms with E-state index in [0.29, 0.717) is 22.7 Å². The molecule has 1 amide bonds. The molecule has 2 rings (SSSR count). The van der Waals surface area contributed by atoms with Gasteiger partial charge < -0.3 is 14.8 Å². The number of amides is 1. The molecule has 0 aliphatic rings. The molecular weight excluding hydrogens is 334 g/mol. The molecule has 0 saturated carbocycles. The van der Waals surface area contributed by atoms with Crippen molar-refractivity contribution in [2.24, 2.45) is 0 Å². The van der Waals surface area contributed by atoms with Crippen molar-refractivity contribution in [1.29, 1.82) is 0 Å². The number of carbonyl (C=O) groups excluding carboxylic acids is 1. The molecule has 0 radical (unpaired) electrons. The lowest BCUT2D eigenvalue weighted by atomic mass is 10.1. The van der Waals surface area contributed by atoms with Crippen molar-refractivity contribution in [3.63, 3.8) is 0 Å². The van der Waals surface area contributed by atoms with E-state index in [-0.39, 0.29) is 5.91 Å². The van der Waals surface area contributed by atoms with Crippen LogP contribution in [0.4, 0.5) is 5.69 Å². The lowest BCUT2D eigenvalue weighted by molar-refractivity contribution is 0.102.